The van der Waals surface area contributed by atoms with Gasteiger partial charge in [-0.2, -0.15) is 0 Å². The Bertz CT molecular complexity index is 411. The highest BCUT2D eigenvalue weighted by molar-refractivity contribution is 7.80. The summed E-state index contributed by atoms with van der Waals surface area (Å²) in [7, 11) is 0. The van der Waals surface area contributed by atoms with Crippen LogP contribution in [0.4, 0.5) is 0 Å². The van der Waals surface area contributed by atoms with Gasteiger partial charge in [-0.15, -0.1) is 0 Å². The second kappa shape index (κ2) is 7.01. The molecule has 1 aromatic rings. The van der Waals surface area contributed by atoms with Crippen LogP contribution in [0.5, 0.6) is 0 Å². The number of thiocarbonyl (C=S) groups is 1. The van der Waals surface area contributed by atoms with Crippen molar-refractivity contribution in [2.24, 2.45) is 5.73 Å². The molecule has 104 valence electrons. The molecular formula is C16H24N2S. The largest absolute Gasteiger partial charge is 0.389 e. The van der Waals surface area contributed by atoms with E-state index in [2.05, 4.69) is 24.0 Å². The SMILES string of the molecule is CCCC1CCCCN1Cc1ccc(C(N)=S)cc1. The lowest BCUT2D eigenvalue weighted by Crippen LogP contribution is -2.38. The summed E-state index contributed by atoms with van der Waals surface area (Å²) in [6.07, 6.45) is 6.69. The molecule has 1 aromatic carbocycles. The van der Waals surface area contributed by atoms with Crippen LogP contribution in [0, 0.1) is 0 Å². The molecule has 19 heavy (non-hydrogen) atoms. The van der Waals surface area contributed by atoms with Gasteiger partial charge in [0.15, 0.2) is 0 Å². The van der Waals surface area contributed by atoms with Gasteiger partial charge in [0, 0.05) is 18.2 Å². The van der Waals surface area contributed by atoms with E-state index in [1.807, 2.05) is 12.1 Å². The maximum absolute atomic E-state index is 5.63. The summed E-state index contributed by atoms with van der Waals surface area (Å²) < 4.78 is 0. The number of benzene rings is 1. The zero-order valence-electron chi connectivity index (χ0n) is 11.8. The van der Waals surface area contributed by atoms with E-state index in [1.165, 1.54) is 44.2 Å². The quantitative estimate of drug-likeness (QED) is 0.835. The molecule has 1 fully saturated rings. The summed E-state index contributed by atoms with van der Waals surface area (Å²) in [6.45, 7) is 4.58. The van der Waals surface area contributed by atoms with Crippen molar-refractivity contribution in [2.45, 2.75) is 51.6 Å². The number of nitrogens with two attached hydrogens (primary N) is 1. The van der Waals surface area contributed by atoms with Gasteiger partial charge in [0.2, 0.25) is 0 Å². The summed E-state index contributed by atoms with van der Waals surface area (Å²) in [5.41, 5.74) is 7.96. The zero-order valence-corrected chi connectivity index (χ0v) is 12.6. The van der Waals surface area contributed by atoms with Crippen LogP contribution in [0.1, 0.15) is 50.2 Å². The number of piperidine rings is 1. The van der Waals surface area contributed by atoms with Crippen LogP contribution in [-0.4, -0.2) is 22.5 Å². The minimum absolute atomic E-state index is 0.480. The third-order valence-electron chi connectivity index (χ3n) is 4.00. The smallest absolute Gasteiger partial charge is 0.103 e. The standard InChI is InChI=1S/C16H24N2S/c1-2-5-15-6-3-4-11-18(15)12-13-7-9-14(10-8-13)16(17)19/h7-10,15H,2-6,11-12H2,1H3,(H2,17,19). The fourth-order valence-corrected chi connectivity index (χ4v) is 3.07. The minimum Gasteiger partial charge on any atom is -0.389 e. The highest BCUT2D eigenvalue weighted by atomic mass is 32.1. The Morgan fingerprint density at radius 3 is 2.68 bits per heavy atom. The third kappa shape index (κ3) is 4.02. The predicted octanol–water partition coefficient (Wildman–Crippen LogP) is 3.48. The van der Waals surface area contributed by atoms with Crippen molar-refractivity contribution >= 4 is 17.2 Å². The zero-order chi connectivity index (χ0) is 13.7. The lowest BCUT2D eigenvalue weighted by Gasteiger charge is -2.35. The highest BCUT2D eigenvalue weighted by Gasteiger charge is 2.21. The molecule has 2 nitrogen and oxygen atoms in total. The minimum atomic E-state index is 0.480. The molecule has 1 unspecified atom stereocenters. The molecule has 0 aliphatic carbocycles. The fourth-order valence-electron chi connectivity index (χ4n) is 2.94. The van der Waals surface area contributed by atoms with E-state index >= 15 is 0 Å². The molecule has 0 amide bonds. The second-order valence-electron chi connectivity index (χ2n) is 5.47. The molecular weight excluding hydrogens is 252 g/mol. The first kappa shape index (κ1) is 14.5. The Morgan fingerprint density at radius 1 is 1.32 bits per heavy atom. The van der Waals surface area contributed by atoms with Crippen molar-refractivity contribution in [2.75, 3.05) is 6.54 Å². The number of likely N-dealkylation sites (tertiary alicyclic amines) is 1. The van der Waals surface area contributed by atoms with E-state index in [-0.39, 0.29) is 0 Å². The second-order valence-corrected chi connectivity index (χ2v) is 5.91. The Hall–Kier alpha value is -0.930. The average Bonchev–Trinajstić information content (AvgIpc) is 2.42. The van der Waals surface area contributed by atoms with Crippen molar-refractivity contribution in [1.82, 2.24) is 4.90 Å². The Kier molecular flexibility index (Phi) is 5.34. The third-order valence-corrected chi connectivity index (χ3v) is 4.23. The average molecular weight is 276 g/mol. The van der Waals surface area contributed by atoms with Crippen LogP contribution in [0.2, 0.25) is 0 Å². The van der Waals surface area contributed by atoms with Gasteiger partial charge in [0.05, 0.1) is 0 Å². The van der Waals surface area contributed by atoms with Gasteiger partial charge in [-0.25, -0.2) is 0 Å². The molecule has 2 rings (SSSR count). The predicted molar refractivity (Wildman–Crippen MR) is 85.3 cm³/mol. The molecule has 0 aromatic heterocycles. The van der Waals surface area contributed by atoms with E-state index in [4.69, 9.17) is 18.0 Å². The van der Waals surface area contributed by atoms with Gasteiger partial charge in [-0.1, -0.05) is 56.2 Å². The van der Waals surface area contributed by atoms with E-state index in [0.29, 0.717) is 4.99 Å². The normalized spacial score (nSPS) is 20.4. The molecule has 0 saturated carbocycles. The van der Waals surface area contributed by atoms with Crippen molar-refractivity contribution < 1.29 is 0 Å². The molecule has 3 heteroatoms. The first-order chi connectivity index (χ1) is 9.20. The van der Waals surface area contributed by atoms with Crippen LogP contribution >= 0.6 is 12.2 Å². The van der Waals surface area contributed by atoms with Gasteiger partial charge in [0.1, 0.15) is 4.99 Å². The summed E-state index contributed by atoms with van der Waals surface area (Å²) in [5.74, 6) is 0. The topological polar surface area (TPSA) is 29.3 Å². The van der Waals surface area contributed by atoms with E-state index in [0.717, 1.165) is 18.2 Å². The lowest BCUT2D eigenvalue weighted by molar-refractivity contribution is 0.131. The monoisotopic (exact) mass is 276 g/mol. The number of hydrogen-bond donors (Lipinski definition) is 1. The molecule has 1 aliphatic rings. The molecule has 1 saturated heterocycles. The van der Waals surface area contributed by atoms with Crippen molar-refractivity contribution in [1.29, 1.82) is 0 Å². The molecule has 0 spiro atoms. The Morgan fingerprint density at radius 2 is 2.05 bits per heavy atom. The van der Waals surface area contributed by atoms with E-state index < -0.39 is 0 Å². The van der Waals surface area contributed by atoms with Crippen LogP contribution in [0.15, 0.2) is 24.3 Å². The molecule has 2 N–H and O–H groups in total. The first-order valence-corrected chi connectivity index (χ1v) is 7.74. The van der Waals surface area contributed by atoms with Crippen molar-refractivity contribution in [3.8, 4) is 0 Å². The summed E-state index contributed by atoms with van der Waals surface area (Å²) in [5, 5.41) is 0. The fraction of sp³-hybridized carbons (Fsp3) is 0.562. The van der Waals surface area contributed by atoms with Crippen LogP contribution in [-0.2, 0) is 6.54 Å². The number of hydrogen-bond acceptors (Lipinski definition) is 2. The van der Waals surface area contributed by atoms with E-state index in [1.54, 1.807) is 0 Å². The highest BCUT2D eigenvalue weighted by Crippen LogP contribution is 2.23. The summed E-state index contributed by atoms with van der Waals surface area (Å²) in [4.78, 5) is 3.12. The van der Waals surface area contributed by atoms with Crippen molar-refractivity contribution in [3.05, 3.63) is 35.4 Å². The maximum atomic E-state index is 5.63. The van der Waals surface area contributed by atoms with Gasteiger partial charge in [-0.05, 0) is 31.4 Å². The maximum Gasteiger partial charge on any atom is 0.103 e. The molecule has 1 heterocycles. The van der Waals surface area contributed by atoms with Gasteiger partial charge in [-0.3, -0.25) is 4.90 Å². The first-order valence-electron chi connectivity index (χ1n) is 7.33. The molecule has 1 aliphatic heterocycles. The Balaban J connectivity index is 2.00. The summed E-state index contributed by atoms with van der Waals surface area (Å²) >= 11 is 4.99. The van der Waals surface area contributed by atoms with Crippen LogP contribution in [0.25, 0.3) is 0 Å². The number of nitrogens with zero attached hydrogens (tertiary/aromatic N) is 1. The van der Waals surface area contributed by atoms with Crippen LogP contribution < -0.4 is 5.73 Å². The van der Waals surface area contributed by atoms with Gasteiger partial charge in [0.25, 0.3) is 0 Å². The van der Waals surface area contributed by atoms with Crippen molar-refractivity contribution in [3.63, 3.8) is 0 Å². The lowest BCUT2D eigenvalue weighted by atomic mass is 9.97. The summed E-state index contributed by atoms with van der Waals surface area (Å²) in [6, 6.07) is 9.17. The van der Waals surface area contributed by atoms with Crippen LogP contribution in [0.3, 0.4) is 0 Å². The van der Waals surface area contributed by atoms with E-state index in [9.17, 15) is 0 Å². The molecule has 1 atom stereocenters. The Labute approximate surface area is 122 Å². The van der Waals surface area contributed by atoms with Gasteiger partial charge < -0.3 is 5.73 Å². The van der Waals surface area contributed by atoms with Gasteiger partial charge >= 0.3 is 0 Å². The number of rotatable bonds is 5. The molecule has 0 bridgehead atoms. The molecule has 0 radical (unpaired) electrons.